The van der Waals surface area contributed by atoms with Crippen LogP contribution in [0.15, 0.2) is 18.3 Å². The average Bonchev–Trinajstić information content (AvgIpc) is 3.23. The van der Waals surface area contributed by atoms with Crippen molar-refractivity contribution in [3.8, 4) is 0 Å². The molecule has 1 saturated carbocycles. The van der Waals surface area contributed by atoms with E-state index in [4.69, 9.17) is 0 Å². The highest BCUT2D eigenvalue weighted by Gasteiger charge is 2.25. The van der Waals surface area contributed by atoms with E-state index in [0.717, 1.165) is 19.4 Å². The molecule has 3 rings (SSSR count). The van der Waals surface area contributed by atoms with Crippen molar-refractivity contribution in [3.05, 3.63) is 29.6 Å². The Hall–Kier alpha value is -1.42. The first-order valence-electron chi connectivity index (χ1n) is 7.18. The average molecular weight is 259 g/mol. The molecule has 2 heterocycles. The lowest BCUT2D eigenvalue weighted by Gasteiger charge is -2.30. The predicted octanol–water partition coefficient (Wildman–Crippen LogP) is 1.78. The standard InChI is InChI=1S/C15H21N3O/c1-18-8-2-3-12(10-18)11-6-7-16-14(9-11)15(19)17-13-4-5-13/h6-7,9,12-13H,2-5,8,10H2,1H3,(H,17,19)/t12-/m0/s1. The zero-order valence-electron chi connectivity index (χ0n) is 11.4. The molecule has 2 fully saturated rings. The van der Waals surface area contributed by atoms with Gasteiger partial charge >= 0.3 is 0 Å². The van der Waals surface area contributed by atoms with Gasteiger partial charge in [0.25, 0.3) is 5.91 Å². The Kier molecular flexibility index (Phi) is 3.51. The molecule has 102 valence electrons. The van der Waals surface area contributed by atoms with Gasteiger partial charge in [-0.25, -0.2) is 0 Å². The van der Waals surface area contributed by atoms with Gasteiger partial charge in [0.2, 0.25) is 0 Å². The van der Waals surface area contributed by atoms with Gasteiger partial charge in [0.1, 0.15) is 5.69 Å². The molecule has 0 radical (unpaired) electrons. The van der Waals surface area contributed by atoms with Crippen LogP contribution in [0.2, 0.25) is 0 Å². The molecule has 1 saturated heterocycles. The third kappa shape index (κ3) is 3.13. The third-order valence-corrected chi connectivity index (χ3v) is 4.03. The molecular formula is C15H21N3O. The molecule has 0 bridgehead atoms. The summed E-state index contributed by atoms with van der Waals surface area (Å²) in [6, 6.07) is 4.41. The van der Waals surface area contributed by atoms with Crippen LogP contribution in [-0.4, -0.2) is 42.0 Å². The first-order chi connectivity index (χ1) is 9.22. The van der Waals surface area contributed by atoms with Gasteiger partial charge in [0.15, 0.2) is 0 Å². The Morgan fingerprint density at radius 2 is 2.26 bits per heavy atom. The molecular weight excluding hydrogens is 238 g/mol. The van der Waals surface area contributed by atoms with Crippen molar-refractivity contribution in [2.75, 3.05) is 20.1 Å². The fourth-order valence-electron chi connectivity index (χ4n) is 2.75. The molecule has 0 aromatic carbocycles. The molecule has 1 amide bonds. The number of aromatic nitrogens is 1. The normalized spacial score (nSPS) is 24.2. The molecule has 1 aromatic rings. The Morgan fingerprint density at radius 3 is 3.00 bits per heavy atom. The summed E-state index contributed by atoms with van der Waals surface area (Å²) in [7, 11) is 2.16. The van der Waals surface area contributed by atoms with Gasteiger partial charge < -0.3 is 10.2 Å². The lowest BCUT2D eigenvalue weighted by Crippen LogP contribution is -2.31. The Bertz CT molecular complexity index is 470. The number of carbonyl (C=O) groups is 1. The van der Waals surface area contributed by atoms with Crippen LogP contribution < -0.4 is 5.32 Å². The van der Waals surface area contributed by atoms with Gasteiger partial charge in [-0.1, -0.05) is 0 Å². The highest BCUT2D eigenvalue weighted by atomic mass is 16.2. The summed E-state index contributed by atoms with van der Waals surface area (Å²) < 4.78 is 0. The van der Waals surface area contributed by atoms with E-state index in [2.05, 4.69) is 28.3 Å². The number of nitrogens with one attached hydrogen (secondary N) is 1. The van der Waals surface area contributed by atoms with Crippen molar-refractivity contribution < 1.29 is 4.79 Å². The molecule has 1 aromatic heterocycles. The van der Waals surface area contributed by atoms with Crippen molar-refractivity contribution in [3.63, 3.8) is 0 Å². The number of rotatable bonds is 3. The molecule has 0 spiro atoms. The van der Waals surface area contributed by atoms with E-state index in [1.165, 1.54) is 24.9 Å². The topological polar surface area (TPSA) is 45.2 Å². The minimum atomic E-state index is -0.0199. The summed E-state index contributed by atoms with van der Waals surface area (Å²) in [5.41, 5.74) is 1.82. The third-order valence-electron chi connectivity index (χ3n) is 4.03. The van der Waals surface area contributed by atoms with E-state index in [-0.39, 0.29) is 5.91 Å². The summed E-state index contributed by atoms with van der Waals surface area (Å²) in [5.74, 6) is 0.516. The van der Waals surface area contributed by atoms with E-state index < -0.39 is 0 Å². The zero-order valence-corrected chi connectivity index (χ0v) is 11.4. The highest BCUT2D eigenvalue weighted by Crippen LogP contribution is 2.26. The van der Waals surface area contributed by atoms with Crippen molar-refractivity contribution in [1.29, 1.82) is 0 Å². The molecule has 2 aliphatic rings. The number of likely N-dealkylation sites (tertiary alicyclic amines) is 1. The SMILES string of the molecule is CN1CCC[C@H](c2ccnc(C(=O)NC3CC3)c2)C1. The van der Waals surface area contributed by atoms with Crippen molar-refractivity contribution in [2.45, 2.75) is 37.6 Å². The maximum absolute atomic E-state index is 12.0. The quantitative estimate of drug-likeness (QED) is 0.900. The Balaban J connectivity index is 1.72. The number of pyridine rings is 1. The monoisotopic (exact) mass is 259 g/mol. The highest BCUT2D eigenvalue weighted by molar-refractivity contribution is 5.92. The van der Waals surface area contributed by atoms with E-state index >= 15 is 0 Å². The minimum absolute atomic E-state index is 0.0199. The van der Waals surface area contributed by atoms with E-state index in [1.807, 2.05) is 6.07 Å². The molecule has 19 heavy (non-hydrogen) atoms. The second-order valence-electron chi connectivity index (χ2n) is 5.82. The molecule has 1 N–H and O–H groups in total. The number of likely N-dealkylation sites (N-methyl/N-ethyl adjacent to an activating group) is 1. The number of amides is 1. The number of hydrogen-bond donors (Lipinski definition) is 1. The van der Waals surface area contributed by atoms with Crippen LogP contribution in [-0.2, 0) is 0 Å². The fraction of sp³-hybridized carbons (Fsp3) is 0.600. The molecule has 4 nitrogen and oxygen atoms in total. The van der Waals surface area contributed by atoms with E-state index in [0.29, 0.717) is 17.7 Å². The zero-order chi connectivity index (χ0) is 13.2. The first-order valence-corrected chi connectivity index (χ1v) is 7.18. The van der Waals surface area contributed by atoms with Gasteiger partial charge in [-0.3, -0.25) is 9.78 Å². The van der Waals surface area contributed by atoms with E-state index in [1.54, 1.807) is 6.20 Å². The second-order valence-corrected chi connectivity index (χ2v) is 5.82. The largest absolute Gasteiger partial charge is 0.348 e. The van der Waals surface area contributed by atoms with Gasteiger partial charge in [-0.05, 0) is 62.9 Å². The lowest BCUT2D eigenvalue weighted by atomic mass is 9.91. The smallest absolute Gasteiger partial charge is 0.270 e. The van der Waals surface area contributed by atoms with Crippen LogP contribution in [0.1, 0.15) is 47.7 Å². The summed E-state index contributed by atoms with van der Waals surface area (Å²) in [4.78, 5) is 18.6. The summed E-state index contributed by atoms with van der Waals surface area (Å²) >= 11 is 0. The number of piperidine rings is 1. The molecule has 0 unspecified atom stereocenters. The van der Waals surface area contributed by atoms with Crippen LogP contribution in [0.3, 0.4) is 0 Å². The second kappa shape index (κ2) is 5.29. The first kappa shape index (κ1) is 12.6. The van der Waals surface area contributed by atoms with Gasteiger partial charge in [0, 0.05) is 18.8 Å². The van der Waals surface area contributed by atoms with E-state index in [9.17, 15) is 4.79 Å². The Morgan fingerprint density at radius 1 is 1.42 bits per heavy atom. The lowest BCUT2D eigenvalue weighted by molar-refractivity contribution is 0.0946. The fourth-order valence-corrected chi connectivity index (χ4v) is 2.75. The maximum Gasteiger partial charge on any atom is 0.270 e. The van der Waals surface area contributed by atoms with Crippen LogP contribution in [0.5, 0.6) is 0 Å². The summed E-state index contributed by atoms with van der Waals surface area (Å²) in [6.45, 7) is 2.25. The van der Waals surface area contributed by atoms with Gasteiger partial charge in [-0.2, -0.15) is 0 Å². The maximum atomic E-state index is 12.0. The number of carbonyl (C=O) groups excluding carboxylic acids is 1. The molecule has 1 aliphatic carbocycles. The van der Waals surface area contributed by atoms with Gasteiger partial charge in [-0.15, -0.1) is 0 Å². The van der Waals surface area contributed by atoms with Crippen LogP contribution in [0.4, 0.5) is 0 Å². The predicted molar refractivity (Wildman–Crippen MR) is 74.2 cm³/mol. The van der Waals surface area contributed by atoms with Crippen molar-refractivity contribution in [2.24, 2.45) is 0 Å². The molecule has 1 aliphatic heterocycles. The number of hydrogen-bond acceptors (Lipinski definition) is 3. The minimum Gasteiger partial charge on any atom is -0.348 e. The number of nitrogens with zero attached hydrogens (tertiary/aromatic N) is 2. The van der Waals surface area contributed by atoms with Crippen LogP contribution >= 0.6 is 0 Å². The van der Waals surface area contributed by atoms with Crippen LogP contribution in [0.25, 0.3) is 0 Å². The molecule has 1 atom stereocenters. The summed E-state index contributed by atoms with van der Waals surface area (Å²) in [5, 5.41) is 3.00. The van der Waals surface area contributed by atoms with Crippen molar-refractivity contribution >= 4 is 5.91 Å². The summed E-state index contributed by atoms with van der Waals surface area (Å²) in [6.07, 6.45) is 6.43. The van der Waals surface area contributed by atoms with Gasteiger partial charge in [0.05, 0.1) is 0 Å². The Labute approximate surface area is 114 Å². The molecule has 4 heteroatoms. The van der Waals surface area contributed by atoms with Crippen molar-refractivity contribution in [1.82, 2.24) is 15.2 Å². The van der Waals surface area contributed by atoms with Crippen LogP contribution in [0, 0.1) is 0 Å².